The number of rotatable bonds is 8. The van der Waals surface area contributed by atoms with Crippen LogP contribution in [0.15, 0.2) is 28.6 Å². The van der Waals surface area contributed by atoms with Gasteiger partial charge in [0.1, 0.15) is 0 Å². The summed E-state index contributed by atoms with van der Waals surface area (Å²) >= 11 is 2.93. The first-order valence-electron chi connectivity index (χ1n) is 10.1. The van der Waals surface area contributed by atoms with Crippen molar-refractivity contribution in [2.45, 2.75) is 68.0 Å². The van der Waals surface area contributed by atoms with Crippen molar-refractivity contribution in [1.29, 1.82) is 5.26 Å². The second kappa shape index (κ2) is 10.6. The maximum absolute atomic E-state index is 13.1. The monoisotopic (exact) mass is 429 g/mol. The van der Waals surface area contributed by atoms with Gasteiger partial charge in [-0.2, -0.15) is 5.26 Å². The van der Waals surface area contributed by atoms with Crippen molar-refractivity contribution in [1.82, 2.24) is 10.2 Å². The highest BCUT2D eigenvalue weighted by Crippen LogP contribution is 2.32. The summed E-state index contributed by atoms with van der Waals surface area (Å²) in [6.45, 7) is 4.28. The molecule has 1 N–H and O–H groups in total. The van der Waals surface area contributed by atoms with E-state index in [2.05, 4.69) is 21.6 Å². The Morgan fingerprint density at radius 1 is 1.31 bits per heavy atom. The van der Waals surface area contributed by atoms with Gasteiger partial charge in [-0.25, -0.2) is 0 Å². The first kappa shape index (κ1) is 21.6. The van der Waals surface area contributed by atoms with Gasteiger partial charge < -0.3 is 10.2 Å². The maximum atomic E-state index is 13.1. The molecule has 1 fully saturated rings. The van der Waals surface area contributed by atoms with Crippen LogP contribution in [0.2, 0.25) is 0 Å². The molecule has 1 aliphatic rings. The van der Waals surface area contributed by atoms with Crippen LogP contribution in [0.5, 0.6) is 0 Å². The van der Waals surface area contributed by atoms with Gasteiger partial charge in [-0.15, -0.1) is 10.2 Å². The number of nitrogens with zero attached hydrogens (tertiary/aromatic N) is 4. The fourth-order valence-corrected chi connectivity index (χ4v) is 5.45. The van der Waals surface area contributed by atoms with Crippen molar-refractivity contribution in [3.8, 4) is 6.07 Å². The van der Waals surface area contributed by atoms with Crippen LogP contribution >= 0.6 is 23.1 Å². The van der Waals surface area contributed by atoms with E-state index in [0.717, 1.165) is 20.7 Å². The number of benzene rings is 1. The minimum atomic E-state index is -0.314. The first-order chi connectivity index (χ1) is 14.1. The van der Waals surface area contributed by atoms with E-state index in [0.29, 0.717) is 19.0 Å². The fourth-order valence-electron chi connectivity index (χ4n) is 3.41. The molecule has 154 valence electrons. The number of thioether (sulfide) groups is 1. The largest absolute Gasteiger partial charge is 0.357 e. The highest BCUT2D eigenvalue weighted by atomic mass is 32.2. The average Bonchev–Trinajstić information content (AvgIpc) is 3.16. The molecule has 1 heterocycles. The quantitative estimate of drug-likeness (QED) is 0.594. The SMILES string of the molecule is Cc1ccc(N(CCC#N)C(=O)C(C)Sc2nnc(NC3CCCCC3)s2)cc1. The van der Waals surface area contributed by atoms with Crippen molar-refractivity contribution in [3.05, 3.63) is 29.8 Å². The average molecular weight is 430 g/mol. The Balaban J connectivity index is 1.63. The molecule has 0 aliphatic heterocycles. The second-order valence-corrected chi connectivity index (χ2v) is 9.91. The number of carbonyl (C=O) groups is 1. The molecule has 1 aliphatic carbocycles. The lowest BCUT2D eigenvalue weighted by Crippen LogP contribution is -2.37. The number of hydrogen-bond acceptors (Lipinski definition) is 7. The molecule has 1 amide bonds. The van der Waals surface area contributed by atoms with Gasteiger partial charge in [-0.1, -0.05) is 60.1 Å². The van der Waals surface area contributed by atoms with Crippen LogP contribution in [0.3, 0.4) is 0 Å². The summed E-state index contributed by atoms with van der Waals surface area (Å²) in [4.78, 5) is 14.8. The summed E-state index contributed by atoms with van der Waals surface area (Å²) in [5, 5.41) is 21.5. The molecule has 1 unspecified atom stereocenters. The van der Waals surface area contributed by atoms with Crippen LogP contribution in [0, 0.1) is 18.3 Å². The minimum Gasteiger partial charge on any atom is -0.357 e. The summed E-state index contributed by atoms with van der Waals surface area (Å²) < 4.78 is 0.785. The van der Waals surface area contributed by atoms with Gasteiger partial charge in [0.25, 0.3) is 0 Å². The lowest BCUT2D eigenvalue weighted by molar-refractivity contribution is -0.117. The zero-order valence-corrected chi connectivity index (χ0v) is 18.6. The highest BCUT2D eigenvalue weighted by Gasteiger charge is 2.24. The Morgan fingerprint density at radius 3 is 2.72 bits per heavy atom. The summed E-state index contributed by atoms with van der Waals surface area (Å²) in [5.41, 5.74) is 1.95. The van der Waals surface area contributed by atoms with Crippen LogP contribution in [0.25, 0.3) is 0 Å². The van der Waals surface area contributed by atoms with E-state index in [1.165, 1.54) is 55.2 Å². The molecule has 1 atom stereocenters. The summed E-state index contributed by atoms with van der Waals surface area (Å²) in [6, 6.07) is 10.4. The van der Waals surface area contributed by atoms with Crippen molar-refractivity contribution >= 4 is 39.8 Å². The van der Waals surface area contributed by atoms with Gasteiger partial charge in [0.2, 0.25) is 11.0 Å². The maximum Gasteiger partial charge on any atom is 0.240 e. The molecule has 0 radical (unpaired) electrons. The molecule has 8 heteroatoms. The van der Waals surface area contributed by atoms with Gasteiger partial charge in [0.15, 0.2) is 4.34 Å². The smallest absolute Gasteiger partial charge is 0.240 e. The van der Waals surface area contributed by atoms with Crippen LogP contribution in [-0.2, 0) is 4.79 Å². The van der Waals surface area contributed by atoms with Gasteiger partial charge in [-0.05, 0) is 38.8 Å². The van der Waals surface area contributed by atoms with Gasteiger partial charge in [0.05, 0.1) is 17.7 Å². The van der Waals surface area contributed by atoms with Crippen LogP contribution < -0.4 is 10.2 Å². The molecule has 0 spiro atoms. The lowest BCUT2D eigenvalue weighted by atomic mass is 9.96. The van der Waals surface area contributed by atoms with Crippen LogP contribution in [0.4, 0.5) is 10.8 Å². The van der Waals surface area contributed by atoms with E-state index in [9.17, 15) is 4.79 Å². The zero-order valence-electron chi connectivity index (χ0n) is 16.9. The predicted molar refractivity (Wildman–Crippen MR) is 119 cm³/mol. The van der Waals surface area contributed by atoms with Crippen LogP contribution in [-0.4, -0.2) is 33.9 Å². The van der Waals surface area contributed by atoms with E-state index >= 15 is 0 Å². The van der Waals surface area contributed by atoms with Gasteiger partial charge >= 0.3 is 0 Å². The van der Waals surface area contributed by atoms with E-state index in [1.54, 1.807) is 4.90 Å². The highest BCUT2D eigenvalue weighted by molar-refractivity contribution is 8.02. The Bertz CT molecular complexity index is 840. The Labute approximate surface area is 180 Å². The number of nitrogens with one attached hydrogen (secondary N) is 1. The molecule has 1 aromatic carbocycles. The van der Waals surface area contributed by atoms with Crippen molar-refractivity contribution in [2.24, 2.45) is 0 Å². The predicted octanol–water partition coefficient (Wildman–Crippen LogP) is 5.02. The van der Waals surface area contributed by atoms with E-state index in [4.69, 9.17) is 5.26 Å². The number of aryl methyl sites for hydroxylation is 1. The second-order valence-electron chi connectivity index (χ2n) is 7.35. The molecule has 2 aromatic rings. The minimum absolute atomic E-state index is 0.0221. The molecule has 1 saturated carbocycles. The molecule has 3 rings (SSSR count). The number of carbonyl (C=O) groups excluding carboxylic acids is 1. The Hall–Kier alpha value is -2.11. The van der Waals surface area contributed by atoms with Crippen molar-refractivity contribution in [3.63, 3.8) is 0 Å². The molecular weight excluding hydrogens is 402 g/mol. The normalized spacial score (nSPS) is 15.5. The third-order valence-electron chi connectivity index (χ3n) is 5.02. The van der Waals surface area contributed by atoms with E-state index in [1.807, 2.05) is 38.1 Å². The molecule has 29 heavy (non-hydrogen) atoms. The summed E-state index contributed by atoms with van der Waals surface area (Å²) in [7, 11) is 0. The van der Waals surface area contributed by atoms with Crippen molar-refractivity contribution in [2.75, 3.05) is 16.8 Å². The van der Waals surface area contributed by atoms with Crippen molar-refractivity contribution < 1.29 is 4.79 Å². The number of aromatic nitrogens is 2. The third kappa shape index (κ3) is 6.18. The fraction of sp³-hybridized carbons (Fsp3) is 0.524. The van der Waals surface area contributed by atoms with Gasteiger partial charge in [-0.3, -0.25) is 4.79 Å². The Kier molecular flexibility index (Phi) is 7.90. The zero-order chi connectivity index (χ0) is 20.6. The molecular formula is C21H27N5OS2. The number of anilines is 2. The third-order valence-corrected chi connectivity index (χ3v) is 7.05. The number of hydrogen-bond donors (Lipinski definition) is 1. The number of amides is 1. The first-order valence-corrected chi connectivity index (χ1v) is 11.8. The molecule has 6 nitrogen and oxygen atoms in total. The van der Waals surface area contributed by atoms with Gasteiger partial charge in [0, 0.05) is 18.3 Å². The summed E-state index contributed by atoms with van der Waals surface area (Å²) in [5.74, 6) is -0.0221. The lowest BCUT2D eigenvalue weighted by Gasteiger charge is -2.24. The topological polar surface area (TPSA) is 81.9 Å². The number of nitriles is 1. The van der Waals surface area contributed by atoms with Crippen LogP contribution in [0.1, 0.15) is 51.0 Å². The Morgan fingerprint density at radius 2 is 2.03 bits per heavy atom. The van der Waals surface area contributed by atoms with E-state index in [-0.39, 0.29) is 11.2 Å². The standard InChI is InChI=1S/C21H27N5OS2/c1-15-9-11-18(12-10-15)26(14-6-13-22)19(27)16(2)28-21-25-24-20(29-21)23-17-7-4-3-5-8-17/h9-12,16-17H,3-8,14H2,1-2H3,(H,23,24). The molecule has 0 bridgehead atoms. The molecule has 1 aromatic heterocycles. The van der Waals surface area contributed by atoms with E-state index < -0.39 is 0 Å². The molecule has 0 saturated heterocycles. The summed E-state index contributed by atoms with van der Waals surface area (Å²) in [6.07, 6.45) is 6.51.